The fraction of sp³-hybridized carbons (Fsp3) is 0.647. The Kier molecular flexibility index (Phi) is 5.24. The first-order valence-corrected chi connectivity index (χ1v) is 10.0. The van der Waals surface area contributed by atoms with Crippen LogP contribution in [0.4, 0.5) is 0 Å². The Morgan fingerprint density at radius 1 is 1.22 bits per heavy atom. The smallest absolute Gasteiger partial charge is 0.211 e. The number of nitrogens with one attached hydrogen (secondary N) is 1. The Hall–Kier alpha value is -1.11. The first kappa shape index (κ1) is 16.7. The fourth-order valence-corrected chi connectivity index (χ4v) is 3.82. The summed E-state index contributed by atoms with van der Waals surface area (Å²) < 4.78 is 37.7. The molecule has 1 heterocycles. The lowest BCUT2D eigenvalue weighted by atomic mass is 9.98. The van der Waals surface area contributed by atoms with Crippen molar-refractivity contribution in [2.75, 3.05) is 25.6 Å². The number of ether oxygens (including phenoxy) is 2. The molecule has 1 saturated heterocycles. The van der Waals surface area contributed by atoms with Gasteiger partial charge in [-0.2, -0.15) is 0 Å². The van der Waals surface area contributed by atoms with Gasteiger partial charge in [0.2, 0.25) is 10.0 Å². The third-order valence-electron chi connectivity index (χ3n) is 4.58. The van der Waals surface area contributed by atoms with Crippen molar-refractivity contribution in [3.05, 3.63) is 29.8 Å². The van der Waals surface area contributed by atoms with Crippen LogP contribution in [0.15, 0.2) is 24.3 Å². The van der Waals surface area contributed by atoms with E-state index in [-0.39, 0.29) is 17.7 Å². The van der Waals surface area contributed by atoms with E-state index in [2.05, 4.69) is 16.9 Å². The largest absolute Gasteiger partial charge is 0.493 e. The van der Waals surface area contributed by atoms with Crippen LogP contribution in [0.2, 0.25) is 0 Å². The average molecular weight is 339 g/mol. The molecule has 1 aliphatic heterocycles. The summed E-state index contributed by atoms with van der Waals surface area (Å²) in [7, 11) is -3.20. The number of rotatable bonds is 7. The summed E-state index contributed by atoms with van der Waals surface area (Å²) in [6.07, 6.45) is 3.27. The molecule has 3 rings (SSSR count). The van der Waals surface area contributed by atoms with E-state index in [1.807, 2.05) is 12.1 Å². The van der Waals surface area contributed by atoms with Gasteiger partial charge in [0, 0.05) is 18.6 Å². The number of hydrogen-bond donors (Lipinski definition) is 1. The zero-order valence-electron chi connectivity index (χ0n) is 13.5. The highest BCUT2D eigenvalue weighted by Gasteiger charge is 2.29. The molecule has 1 aromatic carbocycles. The van der Waals surface area contributed by atoms with Gasteiger partial charge in [-0.05, 0) is 49.8 Å². The minimum atomic E-state index is -3.20. The highest BCUT2D eigenvalue weighted by Crippen LogP contribution is 2.40. The van der Waals surface area contributed by atoms with Crippen molar-refractivity contribution < 1.29 is 17.9 Å². The maximum absolute atomic E-state index is 11.8. The monoisotopic (exact) mass is 339 g/mol. The molecule has 0 spiro atoms. The molecule has 0 radical (unpaired) electrons. The number of hydrogen-bond acceptors (Lipinski definition) is 4. The van der Waals surface area contributed by atoms with Gasteiger partial charge in [-0.25, -0.2) is 13.1 Å². The molecule has 1 aromatic rings. The summed E-state index contributed by atoms with van der Waals surface area (Å²) in [5.74, 6) is 1.70. The Morgan fingerprint density at radius 3 is 2.61 bits per heavy atom. The molecular weight excluding hydrogens is 314 g/mol. The maximum atomic E-state index is 11.8. The van der Waals surface area contributed by atoms with Crippen molar-refractivity contribution in [2.45, 2.75) is 38.1 Å². The SMILES string of the molecule is CCS(=O)(=O)NC1CCOCC1COc1ccc(C2CC2)cc1. The van der Waals surface area contributed by atoms with E-state index >= 15 is 0 Å². The third kappa shape index (κ3) is 4.68. The molecule has 1 aliphatic carbocycles. The molecule has 2 aliphatic rings. The zero-order chi connectivity index (χ0) is 16.3. The van der Waals surface area contributed by atoms with Crippen LogP contribution < -0.4 is 9.46 Å². The van der Waals surface area contributed by atoms with E-state index in [1.165, 1.54) is 18.4 Å². The molecule has 5 nitrogen and oxygen atoms in total. The average Bonchev–Trinajstić information content (AvgIpc) is 3.39. The molecule has 2 fully saturated rings. The molecule has 1 saturated carbocycles. The van der Waals surface area contributed by atoms with Crippen LogP contribution in [-0.2, 0) is 14.8 Å². The molecule has 1 N–H and O–H groups in total. The van der Waals surface area contributed by atoms with Gasteiger partial charge in [0.25, 0.3) is 0 Å². The van der Waals surface area contributed by atoms with E-state index in [4.69, 9.17) is 9.47 Å². The van der Waals surface area contributed by atoms with Gasteiger partial charge < -0.3 is 9.47 Å². The molecular formula is C17H25NO4S. The van der Waals surface area contributed by atoms with E-state index in [0.717, 1.165) is 11.7 Å². The molecule has 0 aromatic heterocycles. The molecule has 23 heavy (non-hydrogen) atoms. The highest BCUT2D eigenvalue weighted by atomic mass is 32.2. The summed E-state index contributed by atoms with van der Waals surface area (Å²) in [5, 5.41) is 0. The second-order valence-corrected chi connectivity index (χ2v) is 8.45. The van der Waals surface area contributed by atoms with Crippen molar-refractivity contribution in [3.63, 3.8) is 0 Å². The standard InChI is InChI=1S/C17H25NO4S/c1-2-23(19,20)18-17-9-10-21-11-15(17)12-22-16-7-5-14(6-8-16)13-3-4-13/h5-8,13,15,17-18H,2-4,9-12H2,1H3. The topological polar surface area (TPSA) is 64.6 Å². The Bertz CT molecular complexity index is 610. The maximum Gasteiger partial charge on any atom is 0.211 e. The summed E-state index contributed by atoms with van der Waals surface area (Å²) in [6.45, 7) is 3.22. The molecule has 0 amide bonds. The third-order valence-corrected chi connectivity index (χ3v) is 6.00. The number of sulfonamides is 1. The quantitative estimate of drug-likeness (QED) is 0.828. The minimum Gasteiger partial charge on any atom is -0.493 e. The van der Waals surface area contributed by atoms with Crippen LogP contribution >= 0.6 is 0 Å². The lowest BCUT2D eigenvalue weighted by Crippen LogP contribution is -2.47. The van der Waals surface area contributed by atoms with Gasteiger partial charge in [0.1, 0.15) is 5.75 Å². The van der Waals surface area contributed by atoms with Crippen molar-refractivity contribution in [2.24, 2.45) is 5.92 Å². The first-order chi connectivity index (χ1) is 11.1. The summed E-state index contributed by atoms with van der Waals surface area (Å²) in [5.41, 5.74) is 1.38. The van der Waals surface area contributed by atoms with Gasteiger partial charge in [0.05, 0.1) is 19.0 Å². The fourth-order valence-electron chi connectivity index (χ4n) is 2.89. The predicted octanol–water partition coefficient (Wildman–Crippen LogP) is 2.29. The number of benzene rings is 1. The molecule has 2 atom stereocenters. The lowest BCUT2D eigenvalue weighted by molar-refractivity contribution is 0.0186. The molecule has 0 bridgehead atoms. The van der Waals surface area contributed by atoms with Crippen molar-refractivity contribution in [1.82, 2.24) is 4.72 Å². The highest BCUT2D eigenvalue weighted by molar-refractivity contribution is 7.89. The second-order valence-electron chi connectivity index (χ2n) is 6.41. The summed E-state index contributed by atoms with van der Waals surface area (Å²) in [6, 6.07) is 8.15. The van der Waals surface area contributed by atoms with Gasteiger partial charge >= 0.3 is 0 Å². The molecule has 2 unspecified atom stereocenters. The van der Waals surface area contributed by atoms with Crippen molar-refractivity contribution >= 4 is 10.0 Å². The Balaban J connectivity index is 1.56. The Labute approximate surface area is 138 Å². The van der Waals surface area contributed by atoms with Crippen LogP contribution in [0.1, 0.15) is 37.7 Å². The van der Waals surface area contributed by atoms with Crippen LogP contribution in [0.25, 0.3) is 0 Å². The zero-order valence-corrected chi connectivity index (χ0v) is 14.3. The lowest BCUT2D eigenvalue weighted by Gasteiger charge is -2.31. The van der Waals surface area contributed by atoms with E-state index in [1.54, 1.807) is 6.92 Å². The first-order valence-electron chi connectivity index (χ1n) is 8.38. The van der Waals surface area contributed by atoms with Crippen LogP contribution in [0.3, 0.4) is 0 Å². The normalized spacial score (nSPS) is 25.3. The van der Waals surface area contributed by atoms with Crippen LogP contribution in [0, 0.1) is 5.92 Å². The van der Waals surface area contributed by atoms with Gasteiger partial charge in [-0.3, -0.25) is 0 Å². The molecule has 6 heteroatoms. The minimum absolute atomic E-state index is 0.0354. The van der Waals surface area contributed by atoms with Crippen molar-refractivity contribution in [3.8, 4) is 5.75 Å². The van der Waals surface area contributed by atoms with E-state index < -0.39 is 10.0 Å². The van der Waals surface area contributed by atoms with E-state index in [0.29, 0.717) is 26.2 Å². The van der Waals surface area contributed by atoms with Gasteiger partial charge in [0.15, 0.2) is 0 Å². The van der Waals surface area contributed by atoms with Gasteiger partial charge in [-0.1, -0.05) is 12.1 Å². The van der Waals surface area contributed by atoms with E-state index in [9.17, 15) is 8.42 Å². The van der Waals surface area contributed by atoms with Crippen molar-refractivity contribution in [1.29, 1.82) is 0 Å². The summed E-state index contributed by atoms with van der Waals surface area (Å²) in [4.78, 5) is 0. The molecule has 128 valence electrons. The van der Waals surface area contributed by atoms with Crippen LogP contribution in [-0.4, -0.2) is 40.0 Å². The van der Waals surface area contributed by atoms with Gasteiger partial charge in [-0.15, -0.1) is 0 Å². The Morgan fingerprint density at radius 2 is 1.96 bits per heavy atom. The second kappa shape index (κ2) is 7.20. The summed E-state index contributed by atoms with van der Waals surface area (Å²) >= 11 is 0. The predicted molar refractivity (Wildman–Crippen MR) is 89.2 cm³/mol. The van der Waals surface area contributed by atoms with Crippen LogP contribution in [0.5, 0.6) is 5.75 Å².